The molecular weight excluding hydrogens is 425 g/mol. The van der Waals surface area contributed by atoms with Crippen LogP contribution in [-0.2, 0) is 9.08 Å². The molecule has 0 aromatic heterocycles. The maximum atomic E-state index is 7.28. The van der Waals surface area contributed by atoms with Crippen molar-refractivity contribution in [3.8, 4) is 0 Å². The number of hydrogen-bond acceptors (Lipinski definition) is 3. The molecule has 1 aromatic rings. The summed E-state index contributed by atoms with van der Waals surface area (Å²) >= 11 is 0. The van der Waals surface area contributed by atoms with E-state index in [1.54, 1.807) is 0 Å². The molecule has 6 heteroatoms. The third kappa shape index (κ3) is 4.72. The van der Waals surface area contributed by atoms with Crippen molar-refractivity contribution in [2.75, 3.05) is 0 Å². The fraction of sp³-hybridized carbons (Fsp3) is 0.769. The minimum absolute atomic E-state index is 0.109. The van der Waals surface area contributed by atoms with Crippen LogP contribution in [0, 0.1) is 0 Å². The van der Waals surface area contributed by atoms with Crippen molar-refractivity contribution in [2.24, 2.45) is 0 Å². The highest BCUT2D eigenvalue weighted by Crippen LogP contribution is 2.52. The summed E-state index contributed by atoms with van der Waals surface area (Å²) in [5.74, 6) is 0. The van der Waals surface area contributed by atoms with Crippen LogP contribution in [0.5, 0.6) is 0 Å². The minimum Gasteiger partial charge on any atom is -0.398 e. The van der Waals surface area contributed by atoms with Crippen LogP contribution in [0.3, 0.4) is 0 Å². The molecule has 2 rings (SSSR count). The number of benzene rings is 1. The molecule has 1 heterocycles. The van der Waals surface area contributed by atoms with E-state index in [2.05, 4.69) is 126 Å². The molecule has 1 aliphatic heterocycles. The molecule has 0 bridgehead atoms. The van der Waals surface area contributed by atoms with E-state index in [9.17, 15) is 0 Å². The number of hydrogen-bond donors (Lipinski definition) is 0. The Labute approximate surface area is 202 Å². The van der Waals surface area contributed by atoms with Crippen molar-refractivity contribution in [1.82, 2.24) is 4.48 Å². The molecule has 2 atom stereocenters. The van der Waals surface area contributed by atoms with Gasteiger partial charge in [0.15, 0.2) is 6.29 Å². The molecule has 1 radical (unpaired) electrons. The highest BCUT2D eigenvalue weighted by molar-refractivity contribution is 6.85. The Kier molecular flexibility index (Phi) is 9.48. The second-order valence-electron chi connectivity index (χ2n) is 11.7. The van der Waals surface area contributed by atoms with Crippen LogP contribution in [0.4, 0.5) is 0 Å². The van der Waals surface area contributed by atoms with E-state index in [0.29, 0.717) is 33.2 Å². The maximum Gasteiger partial charge on any atom is 0.393 e. The quantitative estimate of drug-likeness (QED) is 0.318. The largest absolute Gasteiger partial charge is 0.398 e. The lowest BCUT2D eigenvalue weighted by Gasteiger charge is -2.52. The van der Waals surface area contributed by atoms with E-state index in [1.807, 2.05) is 0 Å². The lowest BCUT2D eigenvalue weighted by atomic mass is 10.1. The first-order valence-electron chi connectivity index (χ1n) is 12.8. The second-order valence-corrected chi connectivity index (χ2v) is 22.8. The molecule has 0 spiro atoms. The Balaban J connectivity index is 2.64. The lowest BCUT2D eigenvalue weighted by Crippen LogP contribution is -2.61. The van der Waals surface area contributed by atoms with Crippen LogP contribution < -0.4 is 0 Å². The molecule has 1 saturated heterocycles. The van der Waals surface area contributed by atoms with Gasteiger partial charge in [0.25, 0.3) is 0 Å². The first-order chi connectivity index (χ1) is 14.8. The molecular formula is C26H49BNO2Si2. The van der Waals surface area contributed by atoms with Crippen LogP contribution in [0.1, 0.15) is 94.7 Å². The third-order valence-electron chi connectivity index (χ3n) is 8.26. The maximum absolute atomic E-state index is 7.28. The van der Waals surface area contributed by atoms with Crippen molar-refractivity contribution < 1.29 is 9.08 Å². The molecule has 0 N–H and O–H groups in total. The van der Waals surface area contributed by atoms with Gasteiger partial charge in [-0.25, -0.2) is 0 Å². The summed E-state index contributed by atoms with van der Waals surface area (Å²) < 4.78 is 16.5. The van der Waals surface area contributed by atoms with Gasteiger partial charge in [-0.2, -0.15) is 0 Å². The Morgan fingerprint density at radius 1 is 0.719 bits per heavy atom. The van der Waals surface area contributed by atoms with Crippen LogP contribution in [0.25, 0.3) is 0 Å². The molecule has 0 aliphatic carbocycles. The summed E-state index contributed by atoms with van der Waals surface area (Å²) in [6.07, 6.45) is -0.251. The van der Waals surface area contributed by atoms with E-state index < -0.39 is 16.6 Å². The topological polar surface area (TPSA) is 21.7 Å². The summed E-state index contributed by atoms with van der Waals surface area (Å²) in [5.41, 5.74) is 4.71. The zero-order chi connectivity index (χ0) is 24.4. The van der Waals surface area contributed by atoms with E-state index in [-0.39, 0.29) is 12.3 Å². The molecule has 1 aliphatic rings. The SMILES string of the molecule is CC(C)[Si](OC1O[B]N([Si](C(C)C)(C(C)C)C(C)C)[C@H]1c1ccccc1)(C(C)C)C(C)C. The average Bonchev–Trinajstić information content (AvgIpc) is 3.08. The average molecular weight is 475 g/mol. The smallest absolute Gasteiger partial charge is 0.393 e. The van der Waals surface area contributed by atoms with Gasteiger partial charge < -0.3 is 13.6 Å². The first-order valence-corrected chi connectivity index (χ1v) is 17.2. The zero-order valence-electron chi connectivity index (χ0n) is 22.8. The van der Waals surface area contributed by atoms with Crippen molar-refractivity contribution in [2.45, 2.75) is 129 Å². The predicted molar refractivity (Wildman–Crippen MR) is 145 cm³/mol. The Bertz CT molecular complexity index is 665. The summed E-state index contributed by atoms with van der Waals surface area (Å²) in [5, 5.41) is 0. The third-order valence-corrected chi connectivity index (χ3v) is 21.1. The summed E-state index contributed by atoms with van der Waals surface area (Å²) in [7, 11) is -1.97. The summed E-state index contributed by atoms with van der Waals surface area (Å²) in [6.45, 7) is 28.7. The highest BCUT2D eigenvalue weighted by Gasteiger charge is 2.57. The fourth-order valence-corrected chi connectivity index (χ4v) is 19.5. The van der Waals surface area contributed by atoms with Crippen LogP contribution in [-0.4, -0.2) is 34.9 Å². The van der Waals surface area contributed by atoms with E-state index in [4.69, 9.17) is 9.08 Å². The van der Waals surface area contributed by atoms with Gasteiger partial charge in [-0.1, -0.05) is 113 Å². The minimum atomic E-state index is -2.09. The van der Waals surface area contributed by atoms with Gasteiger partial charge in [0, 0.05) is 0 Å². The molecule has 0 amide bonds. The van der Waals surface area contributed by atoms with Gasteiger partial charge >= 0.3 is 7.62 Å². The summed E-state index contributed by atoms with van der Waals surface area (Å²) in [6, 6.07) is 11.1. The van der Waals surface area contributed by atoms with E-state index in [0.717, 1.165) is 0 Å². The molecule has 32 heavy (non-hydrogen) atoms. The van der Waals surface area contributed by atoms with Gasteiger partial charge in [0.1, 0.15) is 8.24 Å². The van der Waals surface area contributed by atoms with Crippen molar-refractivity contribution in [1.29, 1.82) is 0 Å². The molecule has 0 saturated carbocycles. The normalized spacial score (nSPS) is 21.1. The van der Waals surface area contributed by atoms with Crippen molar-refractivity contribution >= 4 is 24.2 Å². The van der Waals surface area contributed by atoms with E-state index in [1.165, 1.54) is 5.56 Å². The lowest BCUT2D eigenvalue weighted by molar-refractivity contribution is -0.0136. The Morgan fingerprint density at radius 3 is 1.53 bits per heavy atom. The molecule has 1 aromatic carbocycles. The molecule has 3 nitrogen and oxygen atoms in total. The molecule has 1 fully saturated rings. The standard InChI is InChI=1S/C26H49BNO2Si2/c1-18(2)31(19(3)4,20(5)6)28-25(24-16-14-13-15-17-24)26(29-27-28)30-32(21(7)8,22(9)10)23(11)12/h13-23,25-26H,1-12H3/t25-,26?/m0/s1. The Hall–Kier alpha value is -0.401. The molecule has 1 unspecified atom stereocenters. The van der Waals surface area contributed by atoms with Crippen molar-refractivity contribution in [3.63, 3.8) is 0 Å². The van der Waals surface area contributed by atoms with Gasteiger partial charge in [0.05, 0.1) is 6.04 Å². The van der Waals surface area contributed by atoms with Gasteiger partial charge in [-0.15, -0.1) is 0 Å². The highest BCUT2D eigenvalue weighted by atomic mass is 28.4. The van der Waals surface area contributed by atoms with Crippen molar-refractivity contribution in [3.05, 3.63) is 35.9 Å². The predicted octanol–water partition coefficient (Wildman–Crippen LogP) is 8.29. The Morgan fingerprint density at radius 2 is 1.16 bits per heavy atom. The van der Waals surface area contributed by atoms with Crippen LogP contribution in [0.15, 0.2) is 30.3 Å². The van der Waals surface area contributed by atoms with Gasteiger partial charge in [-0.3, -0.25) is 0 Å². The fourth-order valence-electron chi connectivity index (χ4n) is 7.29. The van der Waals surface area contributed by atoms with Gasteiger partial charge in [-0.05, 0) is 38.8 Å². The van der Waals surface area contributed by atoms with E-state index >= 15 is 0 Å². The second kappa shape index (κ2) is 10.9. The number of nitrogens with zero attached hydrogens (tertiary/aromatic N) is 1. The van der Waals surface area contributed by atoms with Crippen LogP contribution >= 0.6 is 0 Å². The zero-order valence-corrected chi connectivity index (χ0v) is 24.8. The first kappa shape index (κ1) is 27.8. The molecule has 181 valence electrons. The van der Waals surface area contributed by atoms with Gasteiger partial charge in [0.2, 0.25) is 8.32 Å². The number of rotatable bonds is 10. The van der Waals surface area contributed by atoms with Crippen LogP contribution in [0.2, 0.25) is 33.2 Å². The summed E-state index contributed by atoms with van der Waals surface area (Å²) in [4.78, 5) is 0. The monoisotopic (exact) mass is 474 g/mol.